The molecular weight excluding hydrogens is 423 g/mol. The lowest BCUT2D eigenvalue weighted by atomic mass is 9.95. The zero-order chi connectivity index (χ0) is 24.0. The molecule has 174 valence electrons. The summed E-state index contributed by atoms with van der Waals surface area (Å²) in [6.07, 6.45) is 1.62. The summed E-state index contributed by atoms with van der Waals surface area (Å²) in [6.45, 7) is 10.5. The summed E-state index contributed by atoms with van der Waals surface area (Å²) in [5.41, 5.74) is 0.934. The SMILES string of the molecule is C=CCOc1ccc(C(O)=C2C(=O)C(=O)N(CCN(CC)CC)[C@@H]2c2ccc(F)cc2)cc1. The number of likely N-dealkylation sites (N-methyl/N-ethyl adjacent to an activating group) is 1. The maximum absolute atomic E-state index is 13.6. The number of rotatable bonds is 10. The van der Waals surface area contributed by atoms with Crippen molar-refractivity contribution >= 4 is 17.4 Å². The van der Waals surface area contributed by atoms with E-state index in [4.69, 9.17) is 4.74 Å². The maximum atomic E-state index is 13.6. The quantitative estimate of drug-likeness (QED) is 0.254. The first-order valence-electron chi connectivity index (χ1n) is 11.0. The van der Waals surface area contributed by atoms with Crippen molar-refractivity contribution in [2.75, 3.05) is 32.8 Å². The zero-order valence-corrected chi connectivity index (χ0v) is 19.0. The van der Waals surface area contributed by atoms with E-state index < -0.39 is 23.5 Å². The number of benzene rings is 2. The van der Waals surface area contributed by atoms with E-state index in [0.717, 1.165) is 13.1 Å². The molecule has 0 aromatic heterocycles. The van der Waals surface area contributed by atoms with E-state index in [1.165, 1.54) is 29.2 Å². The Bertz CT molecular complexity index is 1030. The van der Waals surface area contributed by atoms with Gasteiger partial charge in [-0.05, 0) is 55.1 Å². The van der Waals surface area contributed by atoms with Crippen molar-refractivity contribution in [2.45, 2.75) is 19.9 Å². The second-order valence-corrected chi connectivity index (χ2v) is 7.69. The molecule has 0 radical (unpaired) electrons. The number of amides is 1. The summed E-state index contributed by atoms with van der Waals surface area (Å²) in [7, 11) is 0. The lowest BCUT2D eigenvalue weighted by Crippen LogP contribution is -2.38. The summed E-state index contributed by atoms with van der Waals surface area (Å²) in [4.78, 5) is 29.6. The second-order valence-electron chi connectivity index (χ2n) is 7.69. The molecule has 1 amide bonds. The van der Waals surface area contributed by atoms with E-state index in [2.05, 4.69) is 11.5 Å². The van der Waals surface area contributed by atoms with Crippen molar-refractivity contribution < 1.29 is 23.8 Å². The first kappa shape index (κ1) is 24.2. The summed E-state index contributed by atoms with van der Waals surface area (Å²) in [5.74, 6) is -1.55. The molecule has 1 atom stereocenters. The molecule has 6 nitrogen and oxygen atoms in total. The number of hydrogen-bond acceptors (Lipinski definition) is 5. The molecule has 2 aromatic carbocycles. The fraction of sp³-hybridized carbons (Fsp3) is 0.308. The largest absolute Gasteiger partial charge is 0.507 e. The molecule has 0 saturated carbocycles. The highest BCUT2D eigenvalue weighted by Gasteiger charge is 2.45. The Labute approximate surface area is 193 Å². The van der Waals surface area contributed by atoms with Crippen molar-refractivity contribution in [3.8, 4) is 5.75 Å². The van der Waals surface area contributed by atoms with Crippen molar-refractivity contribution in [1.29, 1.82) is 0 Å². The summed E-state index contributed by atoms with van der Waals surface area (Å²) in [5, 5.41) is 11.1. The number of nitrogens with zero attached hydrogens (tertiary/aromatic N) is 2. The van der Waals surface area contributed by atoms with Gasteiger partial charge in [0.15, 0.2) is 0 Å². The minimum Gasteiger partial charge on any atom is -0.507 e. The standard InChI is InChI=1S/C26H29FN2O4/c1-4-17-33-21-13-9-19(10-14-21)24(30)22-23(18-7-11-20(27)12-8-18)29(26(32)25(22)31)16-15-28(5-2)6-3/h4,7-14,23,30H,1,5-6,15-17H2,2-3H3/t23-/m1/s1. The molecule has 7 heteroatoms. The van der Waals surface area contributed by atoms with Gasteiger partial charge in [0.1, 0.15) is 23.9 Å². The summed E-state index contributed by atoms with van der Waals surface area (Å²) in [6, 6.07) is 11.4. The Kier molecular flexibility index (Phi) is 8.01. The van der Waals surface area contributed by atoms with E-state index in [1.807, 2.05) is 13.8 Å². The van der Waals surface area contributed by atoms with Crippen LogP contribution in [0.5, 0.6) is 5.75 Å². The number of carbonyl (C=O) groups excluding carboxylic acids is 2. The summed E-state index contributed by atoms with van der Waals surface area (Å²) < 4.78 is 19.0. The first-order chi connectivity index (χ1) is 15.9. The number of aliphatic hydroxyl groups is 1. The molecule has 0 aliphatic carbocycles. The molecule has 1 heterocycles. The van der Waals surface area contributed by atoms with Crippen molar-refractivity contribution in [1.82, 2.24) is 9.80 Å². The smallest absolute Gasteiger partial charge is 0.295 e. The molecule has 0 spiro atoms. The van der Waals surface area contributed by atoms with Crippen LogP contribution in [0.25, 0.3) is 5.76 Å². The monoisotopic (exact) mass is 452 g/mol. The minimum absolute atomic E-state index is 0.00841. The Morgan fingerprint density at radius 3 is 2.33 bits per heavy atom. The van der Waals surface area contributed by atoms with Crippen LogP contribution >= 0.6 is 0 Å². The molecule has 0 bridgehead atoms. The highest BCUT2D eigenvalue weighted by Crippen LogP contribution is 2.39. The van der Waals surface area contributed by atoms with Crippen LogP contribution in [0.4, 0.5) is 4.39 Å². The maximum Gasteiger partial charge on any atom is 0.295 e. The average Bonchev–Trinajstić information content (AvgIpc) is 3.08. The normalized spacial score (nSPS) is 17.6. The number of halogens is 1. The van der Waals surface area contributed by atoms with E-state index in [0.29, 0.717) is 36.6 Å². The third kappa shape index (κ3) is 5.31. The van der Waals surface area contributed by atoms with Gasteiger partial charge in [-0.25, -0.2) is 4.39 Å². The van der Waals surface area contributed by atoms with Crippen LogP contribution in [0.3, 0.4) is 0 Å². The van der Waals surface area contributed by atoms with Crippen LogP contribution in [-0.2, 0) is 9.59 Å². The highest BCUT2D eigenvalue weighted by atomic mass is 19.1. The van der Waals surface area contributed by atoms with Crippen LogP contribution in [-0.4, -0.2) is 59.4 Å². The van der Waals surface area contributed by atoms with Gasteiger partial charge in [-0.3, -0.25) is 9.59 Å². The van der Waals surface area contributed by atoms with Gasteiger partial charge < -0.3 is 19.6 Å². The molecule has 2 aromatic rings. The third-order valence-electron chi connectivity index (χ3n) is 5.77. The Balaban J connectivity index is 2.03. The Morgan fingerprint density at radius 1 is 1.12 bits per heavy atom. The van der Waals surface area contributed by atoms with Gasteiger partial charge in [0, 0.05) is 18.7 Å². The molecule has 3 rings (SSSR count). The Morgan fingerprint density at radius 2 is 1.76 bits per heavy atom. The van der Waals surface area contributed by atoms with E-state index in [9.17, 15) is 19.1 Å². The van der Waals surface area contributed by atoms with E-state index in [-0.39, 0.29) is 11.3 Å². The van der Waals surface area contributed by atoms with Crippen LogP contribution < -0.4 is 4.74 Å². The number of ether oxygens (including phenoxy) is 1. The van der Waals surface area contributed by atoms with E-state index >= 15 is 0 Å². The van der Waals surface area contributed by atoms with Gasteiger partial charge in [-0.15, -0.1) is 0 Å². The molecule has 1 aliphatic heterocycles. The van der Waals surface area contributed by atoms with Gasteiger partial charge in [-0.1, -0.05) is 38.6 Å². The van der Waals surface area contributed by atoms with Crippen LogP contribution in [0, 0.1) is 5.82 Å². The lowest BCUT2D eigenvalue weighted by molar-refractivity contribution is -0.140. The third-order valence-corrected chi connectivity index (χ3v) is 5.77. The fourth-order valence-electron chi connectivity index (χ4n) is 3.91. The topological polar surface area (TPSA) is 70.1 Å². The number of ketones is 1. The van der Waals surface area contributed by atoms with Gasteiger partial charge in [0.2, 0.25) is 0 Å². The predicted molar refractivity (Wildman–Crippen MR) is 125 cm³/mol. The van der Waals surface area contributed by atoms with Gasteiger partial charge in [-0.2, -0.15) is 0 Å². The highest BCUT2D eigenvalue weighted by molar-refractivity contribution is 6.46. The number of aliphatic hydroxyl groups excluding tert-OH is 1. The number of likely N-dealkylation sites (tertiary alicyclic amines) is 1. The summed E-state index contributed by atoms with van der Waals surface area (Å²) >= 11 is 0. The van der Waals surface area contributed by atoms with Crippen LogP contribution in [0.1, 0.15) is 31.0 Å². The van der Waals surface area contributed by atoms with Crippen molar-refractivity contribution in [3.05, 3.63) is 83.7 Å². The molecule has 1 N–H and O–H groups in total. The lowest BCUT2D eigenvalue weighted by Gasteiger charge is -2.28. The molecule has 0 unspecified atom stereocenters. The molecule has 1 saturated heterocycles. The average molecular weight is 453 g/mol. The van der Waals surface area contributed by atoms with Crippen LogP contribution in [0.15, 0.2) is 66.8 Å². The second kappa shape index (κ2) is 10.9. The molecule has 33 heavy (non-hydrogen) atoms. The van der Waals surface area contributed by atoms with Gasteiger partial charge >= 0.3 is 0 Å². The van der Waals surface area contributed by atoms with Gasteiger partial charge in [0.25, 0.3) is 11.7 Å². The fourth-order valence-corrected chi connectivity index (χ4v) is 3.91. The molecule has 1 fully saturated rings. The molecular formula is C26H29FN2O4. The van der Waals surface area contributed by atoms with E-state index in [1.54, 1.807) is 30.3 Å². The minimum atomic E-state index is -0.808. The van der Waals surface area contributed by atoms with Crippen molar-refractivity contribution in [2.24, 2.45) is 0 Å². The Hall–Kier alpha value is -3.45. The van der Waals surface area contributed by atoms with Crippen molar-refractivity contribution in [3.63, 3.8) is 0 Å². The predicted octanol–water partition coefficient (Wildman–Crippen LogP) is 4.15. The first-order valence-corrected chi connectivity index (χ1v) is 11.0. The molecule has 1 aliphatic rings. The number of Topliss-reactive ketones (excluding diaryl/α,β-unsaturated/α-hetero) is 1. The number of hydrogen-bond donors (Lipinski definition) is 1. The van der Waals surface area contributed by atoms with Gasteiger partial charge in [0.05, 0.1) is 11.6 Å². The zero-order valence-electron chi connectivity index (χ0n) is 19.0. The van der Waals surface area contributed by atoms with Crippen LogP contribution in [0.2, 0.25) is 0 Å². The number of carbonyl (C=O) groups is 2.